The number of ether oxygens (including phenoxy) is 1. The minimum Gasteiger partial charge on any atom is -0.496 e. The minimum absolute atomic E-state index is 0.233. The first-order valence-corrected chi connectivity index (χ1v) is 6.49. The van der Waals surface area contributed by atoms with Gasteiger partial charge in [0.05, 0.1) is 7.11 Å². The third-order valence-corrected chi connectivity index (χ3v) is 3.22. The van der Waals surface area contributed by atoms with Gasteiger partial charge in [0.15, 0.2) is 0 Å². The molecular formula is C13H17ClN4O. The van der Waals surface area contributed by atoms with E-state index in [2.05, 4.69) is 10.1 Å². The van der Waals surface area contributed by atoms with Crippen LogP contribution >= 0.6 is 11.6 Å². The van der Waals surface area contributed by atoms with Crippen molar-refractivity contribution in [3.63, 3.8) is 0 Å². The highest BCUT2D eigenvalue weighted by molar-refractivity contribution is 6.30. The summed E-state index contributed by atoms with van der Waals surface area (Å²) in [5, 5.41) is 4.78. The quantitative estimate of drug-likeness (QED) is 0.912. The van der Waals surface area contributed by atoms with E-state index in [1.54, 1.807) is 19.5 Å². The fourth-order valence-electron chi connectivity index (χ4n) is 2.01. The largest absolute Gasteiger partial charge is 0.496 e. The fraction of sp³-hybridized carbons (Fsp3) is 0.385. The Morgan fingerprint density at radius 3 is 2.95 bits per heavy atom. The number of aromatic nitrogens is 3. The summed E-state index contributed by atoms with van der Waals surface area (Å²) in [5.41, 5.74) is 7.11. The van der Waals surface area contributed by atoms with Crippen molar-refractivity contribution in [3.05, 3.63) is 40.9 Å². The van der Waals surface area contributed by atoms with Gasteiger partial charge in [-0.25, -0.2) is 4.98 Å². The van der Waals surface area contributed by atoms with Crippen LogP contribution in [0.5, 0.6) is 5.75 Å². The molecule has 1 unspecified atom stereocenters. The molecule has 0 aliphatic heterocycles. The number of nitrogens with two attached hydrogens (primary N) is 1. The maximum absolute atomic E-state index is 6.24. The van der Waals surface area contributed by atoms with Crippen molar-refractivity contribution in [1.29, 1.82) is 0 Å². The summed E-state index contributed by atoms with van der Waals surface area (Å²) in [5.74, 6) is 1.59. The molecule has 19 heavy (non-hydrogen) atoms. The van der Waals surface area contributed by atoms with Gasteiger partial charge in [0.25, 0.3) is 0 Å². The van der Waals surface area contributed by atoms with E-state index in [1.165, 1.54) is 0 Å². The molecule has 0 fully saturated rings. The number of methoxy groups -OCH3 is 1. The molecule has 102 valence electrons. The highest BCUT2D eigenvalue weighted by Crippen LogP contribution is 2.28. The van der Waals surface area contributed by atoms with E-state index in [0.29, 0.717) is 11.4 Å². The van der Waals surface area contributed by atoms with Crippen LogP contribution in [0.2, 0.25) is 5.02 Å². The maximum Gasteiger partial charge on any atom is 0.138 e. The zero-order valence-corrected chi connectivity index (χ0v) is 11.8. The van der Waals surface area contributed by atoms with Gasteiger partial charge < -0.3 is 10.5 Å². The number of aryl methyl sites for hydroxylation is 1. The van der Waals surface area contributed by atoms with E-state index in [9.17, 15) is 0 Å². The van der Waals surface area contributed by atoms with Crippen LogP contribution in [0, 0.1) is 0 Å². The van der Waals surface area contributed by atoms with Crippen LogP contribution in [0.3, 0.4) is 0 Å². The average molecular weight is 281 g/mol. The molecule has 5 nitrogen and oxygen atoms in total. The zero-order chi connectivity index (χ0) is 13.8. The number of nitrogens with zero attached hydrogens (tertiary/aromatic N) is 3. The summed E-state index contributed by atoms with van der Waals surface area (Å²) in [6, 6.07) is 5.20. The Balaban J connectivity index is 2.24. The van der Waals surface area contributed by atoms with Gasteiger partial charge in [0.1, 0.15) is 17.9 Å². The minimum atomic E-state index is -0.233. The first kappa shape index (κ1) is 13.8. The van der Waals surface area contributed by atoms with E-state index in [0.717, 1.165) is 23.7 Å². The van der Waals surface area contributed by atoms with Crippen LogP contribution in [0.15, 0.2) is 24.5 Å². The summed E-state index contributed by atoms with van der Waals surface area (Å²) in [4.78, 5) is 4.23. The van der Waals surface area contributed by atoms with Crippen LogP contribution in [0.1, 0.15) is 24.4 Å². The molecule has 0 saturated carbocycles. The lowest BCUT2D eigenvalue weighted by atomic mass is 10.0. The highest BCUT2D eigenvalue weighted by atomic mass is 35.5. The number of hydrogen-bond donors (Lipinski definition) is 1. The molecule has 1 aromatic carbocycles. The van der Waals surface area contributed by atoms with Gasteiger partial charge in [-0.2, -0.15) is 5.10 Å². The van der Waals surface area contributed by atoms with Crippen molar-refractivity contribution in [2.24, 2.45) is 5.73 Å². The lowest BCUT2D eigenvalue weighted by Crippen LogP contribution is -2.17. The number of hydrogen-bond acceptors (Lipinski definition) is 4. The summed E-state index contributed by atoms with van der Waals surface area (Å²) in [7, 11) is 1.62. The number of halogens is 1. The number of benzene rings is 1. The molecular weight excluding hydrogens is 264 g/mol. The van der Waals surface area contributed by atoms with Gasteiger partial charge in [0, 0.05) is 29.6 Å². The van der Waals surface area contributed by atoms with Crippen molar-refractivity contribution in [3.8, 4) is 5.75 Å². The molecule has 0 aliphatic carbocycles. The summed E-state index contributed by atoms with van der Waals surface area (Å²) in [6.07, 6.45) is 2.13. The van der Waals surface area contributed by atoms with Crippen LogP contribution in [-0.4, -0.2) is 21.9 Å². The van der Waals surface area contributed by atoms with Crippen LogP contribution in [0.4, 0.5) is 0 Å². The molecule has 2 aromatic rings. The van der Waals surface area contributed by atoms with Gasteiger partial charge in [-0.15, -0.1) is 0 Å². The fourth-order valence-corrected chi connectivity index (χ4v) is 2.19. The monoisotopic (exact) mass is 280 g/mol. The Morgan fingerprint density at radius 1 is 1.47 bits per heavy atom. The van der Waals surface area contributed by atoms with E-state index >= 15 is 0 Å². The highest BCUT2D eigenvalue weighted by Gasteiger charge is 2.16. The molecule has 2 rings (SSSR count). The smallest absolute Gasteiger partial charge is 0.138 e. The molecule has 0 spiro atoms. The number of rotatable bonds is 5. The second-order valence-corrected chi connectivity index (χ2v) is 4.63. The predicted molar refractivity (Wildman–Crippen MR) is 74.3 cm³/mol. The molecule has 1 heterocycles. The van der Waals surface area contributed by atoms with Gasteiger partial charge in [0.2, 0.25) is 0 Å². The Labute approximate surface area is 117 Å². The lowest BCUT2D eigenvalue weighted by Gasteiger charge is -2.16. The van der Waals surface area contributed by atoms with Gasteiger partial charge in [-0.1, -0.05) is 11.6 Å². The van der Waals surface area contributed by atoms with Crippen molar-refractivity contribution in [2.75, 3.05) is 7.11 Å². The predicted octanol–water partition coefficient (Wildman–Crippen LogP) is 2.20. The lowest BCUT2D eigenvalue weighted by molar-refractivity contribution is 0.404. The van der Waals surface area contributed by atoms with Crippen LogP contribution in [-0.2, 0) is 13.0 Å². The topological polar surface area (TPSA) is 66.0 Å². The Hall–Kier alpha value is -1.59. The average Bonchev–Trinajstić information content (AvgIpc) is 2.85. The molecule has 1 atom stereocenters. The Bertz CT molecular complexity index is 555. The normalized spacial score (nSPS) is 12.4. The first-order valence-electron chi connectivity index (χ1n) is 6.11. The van der Waals surface area contributed by atoms with Gasteiger partial charge >= 0.3 is 0 Å². The van der Waals surface area contributed by atoms with Crippen molar-refractivity contribution in [1.82, 2.24) is 14.8 Å². The summed E-state index contributed by atoms with van der Waals surface area (Å²) in [6.45, 7) is 2.79. The second kappa shape index (κ2) is 6.04. The third kappa shape index (κ3) is 3.05. The molecule has 2 N–H and O–H groups in total. The molecule has 0 bridgehead atoms. The molecule has 0 aliphatic rings. The molecule has 0 radical (unpaired) electrons. The van der Waals surface area contributed by atoms with E-state index in [4.69, 9.17) is 22.1 Å². The zero-order valence-electron chi connectivity index (χ0n) is 11.0. The Kier molecular flexibility index (Phi) is 4.39. The Morgan fingerprint density at radius 2 is 2.26 bits per heavy atom. The molecule has 1 aromatic heterocycles. The summed E-state index contributed by atoms with van der Waals surface area (Å²) >= 11 is 6.01. The van der Waals surface area contributed by atoms with Gasteiger partial charge in [-0.3, -0.25) is 4.68 Å². The van der Waals surface area contributed by atoms with Crippen LogP contribution < -0.4 is 10.5 Å². The van der Waals surface area contributed by atoms with Crippen molar-refractivity contribution < 1.29 is 4.74 Å². The molecule has 0 saturated heterocycles. The van der Waals surface area contributed by atoms with Gasteiger partial charge in [-0.05, 0) is 25.1 Å². The molecule has 0 amide bonds. The second-order valence-electron chi connectivity index (χ2n) is 4.19. The maximum atomic E-state index is 6.24. The SMILES string of the molecule is CCn1ncnc1CC(N)c1cc(Cl)ccc1OC. The third-order valence-electron chi connectivity index (χ3n) is 2.99. The molecule has 6 heteroatoms. The van der Waals surface area contributed by atoms with Crippen molar-refractivity contribution in [2.45, 2.75) is 25.9 Å². The van der Waals surface area contributed by atoms with E-state index < -0.39 is 0 Å². The van der Waals surface area contributed by atoms with E-state index in [-0.39, 0.29) is 6.04 Å². The van der Waals surface area contributed by atoms with Crippen molar-refractivity contribution >= 4 is 11.6 Å². The first-order chi connectivity index (χ1) is 9.15. The van der Waals surface area contributed by atoms with E-state index in [1.807, 2.05) is 23.7 Å². The standard InChI is InChI=1S/C13H17ClN4O/c1-3-18-13(16-8-17-18)7-11(15)10-6-9(14)4-5-12(10)19-2/h4-6,8,11H,3,7,15H2,1-2H3. The van der Waals surface area contributed by atoms with Crippen LogP contribution in [0.25, 0.3) is 0 Å². The summed E-state index contributed by atoms with van der Waals surface area (Å²) < 4.78 is 7.15.